The molecule has 0 N–H and O–H groups in total. The Labute approximate surface area is 145 Å². The van der Waals surface area contributed by atoms with Gasteiger partial charge in [-0.15, -0.1) is 0 Å². The minimum atomic E-state index is -0.693. The van der Waals surface area contributed by atoms with Gasteiger partial charge in [0.2, 0.25) is 0 Å². The van der Waals surface area contributed by atoms with Gasteiger partial charge in [-0.1, -0.05) is 12.1 Å². The summed E-state index contributed by atoms with van der Waals surface area (Å²) in [6.07, 6.45) is 1.33. The molecule has 0 saturated heterocycles. The number of benzene rings is 1. The maximum atomic E-state index is 11.6. The second kappa shape index (κ2) is 8.50. The summed E-state index contributed by atoms with van der Waals surface area (Å²) in [4.78, 5) is 23.3. The predicted octanol–water partition coefficient (Wildman–Crippen LogP) is 3.59. The van der Waals surface area contributed by atoms with Crippen LogP contribution >= 0.6 is 0 Å². The van der Waals surface area contributed by atoms with E-state index in [9.17, 15) is 9.59 Å². The first-order chi connectivity index (χ1) is 12.1. The zero-order chi connectivity index (χ0) is 18.2. The lowest BCUT2D eigenvalue weighted by molar-refractivity contribution is -0.137. The lowest BCUT2D eigenvalue weighted by Gasteiger charge is -2.02. The first kappa shape index (κ1) is 18.0. The lowest BCUT2D eigenvalue weighted by atomic mass is 10.1. The molecule has 0 aliphatic heterocycles. The van der Waals surface area contributed by atoms with Crippen LogP contribution in [0.4, 0.5) is 0 Å². The van der Waals surface area contributed by atoms with Crippen LogP contribution in [0.25, 0.3) is 17.4 Å². The van der Waals surface area contributed by atoms with Crippen LogP contribution in [0.2, 0.25) is 0 Å². The average molecular weight is 339 g/mol. The summed E-state index contributed by atoms with van der Waals surface area (Å²) in [5.41, 5.74) is 1.06. The Hall–Kier alpha value is -3.33. The van der Waals surface area contributed by atoms with Gasteiger partial charge < -0.3 is 13.9 Å². The maximum absolute atomic E-state index is 11.6. The standard InChI is InChI=1S/C19H17NO5/c1-3-23-18(21)14-7-5-13(6-8-14)17-10-9-16(25-17)11-15(12-20)19(22)24-4-2/h5-11H,3-4H2,1-2H3/b15-11+. The number of hydrogen-bond donors (Lipinski definition) is 0. The molecule has 0 spiro atoms. The van der Waals surface area contributed by atoms with Crippen LogP contribution in [-0.2, 0) is 14.3 Å². The van der Waals surface area contributed by atoms with Crippen molar-refractivity contribution in [3.05, 3.63) is 53.3 Å². The molecule has 6 heteroatoms. The molecule has 0 fully saturated rings. The fraction of sp³-hybridized carbons (Fsp3) is 0.211. The van der Waals surface area contributed by atoms with E-state index in [2.05, 4.69) is 0 Å². The largest absolute Gasteiger partial charge is 0.462 e. The minimum absolute atomic E-state index is 0.139. The van der Waals surface area contributed by atoms with Crippen molar-refractivity contribution in [2.24, 2.45) is 0 Å². The highest BCUT2D eigenvalue weighted by atomic mass is 16.5. The fourth-order valence-electron chi connectivity index (χ4n) is 2.06. The van der Waals surface area contributed by atoms with E-state index in [1.54, 1.807) is 56.3 Å². The van der Waals surface area contributed by atoms with Crippen LogP contribution in [0.15, 0.2) is 46.4 Å². The summed E-state index contributed by atoms with van der Waals surface area (Å²) in [6, 6.07) is 11.9. The van der Waals surface area contributed by atoms with Crippen molar-refractivity contribution in [2.45, 2.75) is 13.8 Å². The number of ether oxygens (including phenoxy) is 2. The number of carbonyl (C=O) groups excluding carboxylic acids is 2. The topological polar surface area (TPSA) is 89.5 Å². The summed E-state index contributed by atoms with van der Waals surface area (Å²) in [5.74, 6) is -0.177. The Morgan fingerprint density at radius 1 is 1.08 bits per heavy atom. The highest BCUT2D eigenvalue weighted by Crippen LogP contribution is 2.24. The molecule has 6 nitrogen and oxygen atoms in total. The molecule has 2 rings (SSSR count). The molecule has 1 aromatic heterocycles. The number of carbonyl (C=O) groups is 2. The third-order valence-corrected chi connectivity index (χ3v) is 3.21. The van der Waals surface area contributed by atoms with Gasteiger partial charge in [0.05, 0.1) is 18.8 Å². The molecule has 0 atom stereocenters. The van der Waals surface area contributed by atoms with Crippen LogP contribution in [0.5, 0.6) is 0 Å². The van der Waals surface area contributed by atoms with E-state index in [-0.39, 0.29) is 18.1 Å². The quantitative estimate of drug-likeness (QED) is 0.454. The lowest BCUT2D eigenvalue weighted by Crippen LogP contribution is -2.05. The number of hydrogen-bond acceptors (Lipinski definition) is 6. The molecule has 0 bridgehead atoms. The van der Waals surface area contributed by atoms with Crippen molar-refractivity contribution < 1.29 is 23.5 Å². The van der Waals surface area contributed by atoms with E-state index >= 15 is 0 Å². The van der Waals surface area contributed by atoms with Crippen molar-refractivity contribution >= 4 is 18.0 Å². The smallest absolute Gasteiger partial charge is 0.349 e. The van der Waals surface area contributed by atoms with Gasteiger partial charge in [-0.05, 0) is 38.1 Å². The third kappa shape index (κ3) is 4.58. The second-order valence-electron chi connectivity index (χ2n) is 4.89. The summed E-state index contributed by atoms with van der Waals surface area (Å²) in [7, 11) is 0. The van der Waals surface area contributed by atoms with Crippen molar-refractivity contribution in [1.29, 1.82) is 5.26 Å². The van der Waals surface area contributed by atoms with Crippen molar-refractivity contribution in [1.82, 2.24) is 0 Å². The Morgan fingerprint density at radius 3 is 2.36 bits per heavy atom. The number of esters is 2. The van der Waals surface area contributed by atoms with Gasteiger partial charge in [-0.25, -0.2) is 9.59 Å². The molecule has 0 aliphatic rings. The van der Waals surface area contributed by atoms with Gasteiger partial charge in [-0.3, -0.25) is 0 Å². The van der Waals surface area contributed by atoms with Gasteiger partial charge in [0.15, 0.2) is 0 Å². The normalized spacial score (nSPS) is 10.8. The molecule has 0 radical (unpaired) electrons. The number of nitrogens with zero attached hydrogens (tertiary/aromatic N) is 1. The molecule has 1 aromatic carbocycles. The van der Waals surface area contributed by atoms with Gasteiger partial charge in [-0.2, -0.15) is 5.26 Å². The van der Waals surface area contributed by atoms with Crippen LogP contribution in [0, 0.1) is 11.3 Å². The SMILES string of the molecule is CCOC(=O)/C(C#N)=C/c1ccc(-c2ccc(C(=O)OCC)cc2)o1. The monoisotopic (exact) mass is 339 g/mol. The molecule has 2 aromatic rings. The third-order valence-electron chi connectivity index (χ3n) is 3.21. The Balaban J connectivity index is 2.19. The van der Waals surface area contributed by atoms with Crippen LogP contribution in [0.3, 0.4) is 0 Å². The Kier molecular flexibility index (Phi) is 6.13. The van der Waals surface area contributed by atoms with Crippen molar-refractivity contribution in [3.8, 4) is 17.4 Å². The number of nitriles is 1. The summed E-state index contributed by atoms with van der Waals surface area (Å²) in [6.45, 7) is 3.91. The number of rotatable bonds is 6. The van der Waals surface area contributed by atoms with E-state index in [0.29, 0.717) is 23.7 Å². The minimum Gasteiger partial charge on any atom is -0.462 e. The zero-order valence-electron chi connectivity index (χ0n) is 13.9. The van der Waals surface area contributed by atoms with Crippen molar-refractivity contribution in [3.63, 3.8) is 0 Å². The first-order valence-electron chi connectivity index (χ1n) is 7.75. The Morgan fingerprint density at radius 2 is 1.76 bits per heavy atom. The van der Waals surface area contributed by atoms with E-state index in [0.717, 1.165) is 5.56 Å². The van der Waals surface area contributed by atoms with E-state index in [1.807, 2.05) is 0 Å². The molecule has 25 heavy (non-hydrogen) atoms. The fourth-order valence-corrected chi connectivity index (χ4v) is 2.06. The van der Waals surface area contributed by atoms with Gasteiger partial charge in [0, 0.05) is 11.6 Å². The highest BCUT2D eigenvalue weighted by molar-refractivity contribution is 5.97. The van der Waals surface area contributed by atoms with Gasteiger partial charge >= 0.3 is 11.9 Å². The van der Waals surface area contributed by atoms with Crippen molar-refractivity contribution in [2.75, 3.05) is 13.2 Å². The predicted molar refractivity (Wildman–Crippen MR) is 90.3 cm³/mol. The molecule has 0 aliphatic carbocycles. The highest BCUT2D eigenvalue weighted by Gasteiger charge is 2.12. The zero-order valence-corrected chi connectivity index (χ0v) is 13.9. The van der Waals surface area contributed by atoms with Gasteiger partial charge in [0.1, 0.15) is 23.2 Å². The molecular formula is C19H17NO5. The van der Waals surface area contributed by atoms with Crippen LogP contribution in [0.1, 0.15) is 30.0 Å². The van der Waals surface area contributed by atoms with E-state index < -0.39 is 5.97 Å². The molecular weight excluding hydrogens is 322 g/mol. The molecule has 0 amide bonds. The van der Waals surface area contributed by atoms with Gasteiger partial charge in [0.25, 0.3) is 0 Å². The molecule has 1 heterocycles. The van der Waals surface area contributed by atoms with E-state index in [4.69, 9.17) is 19.2 Å². The van der Waals surface area contributed by atoms with Crippen LogP contribution < -0.4 is 0 Å². The summed E-state index contributed by atoms with van der Waals surface area (Å²) < 4.78 is 15.4. The maximum Gasteiger partial charge on any atom is 0.349 e. The second-order valence-corrected chi connectivity index (χ2v) is 4.89. The van der Waals surface area contributed by atoms with E-state index in [1.165, 1.54) is 6.08 Å². The summed E-state index contributed by atoms with van der Waals surface area (Å²) >= 11 is 0. The molecule has 0 unspecified atom stereocenters. The van der Waals surface area contributed by atoms with Crippen LogP contribution in [-0.4, -0.2) is 25.2 Å². The Bertz CT molecular complexity index is 824. The first-order valence-corrected chi connectivity index (χ1v) is 7.75. The molecule has 0 saturated carbocycles. The number of furan rings is 1. The molecule has 128 valence electrons. The average Bonchev–Trinajstić information content (AvgIpc) is 3.09. The summed E-state index contributed by atoms with van der Waals surface area (Å²) in [5, 5.41) is 9.03.